The van der Waals surface area contributed by atoms with E-state index in [0.717, 1.165) is 22.4 Å². The normalized spacial score (nSPS) is 10.8. The molecule has 1 heterocycles. The third-order valence-electron chi connectivity index (χ3n) is 4.95. The Hall–Kier alpha value is -3.87. The Morgan fingerprint density at radius 2 is 1.70 bits per heavy atom. The fourth-order valence-electron chi connectivity index (χ4n) is 3.27. The van der Waals surface area contributed by atoms with E-state index in [2.05, 4.69) is 28.6 Å². The van der Waals surface area contributed by atoms with E-state index in [-0.39, 0.29) is 12.3 Å². The highest BCUT2D eigenvalue weighted by Gasteiger charge is 2.16. The first-order valence-corrected chi connectivity index (χ1v) is 9.52. The predicted octanol–water partition coefficient (Wildman–Crippen LogP) is 3.53. The molecule has 0 bridgehead atoms. The van der Waals surface area contributed by atoms with Crippen LogP contribution in [0, 0.1) is 6.92 Å². The molecule has 7 heteroatoms. The van der Waals surface area contributed by atoms with Gasteiger partial charge in [0.1, 0.15) is 18.1 Å². The quantitative estimate of drug-likeness (QED) is 0.493. The third kappa shape index (κ3) is 3.69. The molecule has 4 rings (SSSR count). The van der Waals surface area contributed by atoms with Crippen molar-refractivity contribution >= 4 is 0 Å². The van der Waals surface area contributed by atoms with Crippen molar-refractivity contribution < 1.29 is 9.47 Å². The Morgan fingerprint density at radius 1 is 0.900 bits per heavy atom. The molecule has 0 spiro atoms. The summed E-state index contributed by atoms with van der Waals surface area (Å²) in [6.07, 6.45) is 0. The zero-order valence-electron chi connectivity index (χ0n) is 17.1. The number of rotatable bonds is 6. The molecule has 0 radical (unpaired) electrons. The number of aryl methyl sites for hydroxylation is 2. The van der Waals surface area contributed by atoms with Crippen LogP contribution in [0.2, 0.25) is 0 Å². The third-order valence-corrected chi connectivity index (χ3v) is 4.95. The molecule has 0 aliphatic rings. The van der Waals surface area contributed by atoms with Gasteiger partial charge in [0.2, 0.25) is 0 Å². The van der Waals surface area contributed by atoms with Gasteiger partial charge < -0.3 is 9.47 Å². The molecular weight excluding hydrogens is 380 g/mol. The highest BCUT2D eigenvalue weighted by atomic mass is 16.5. The molecule has 0 aliphatic carbocycles. The number of aromatic nitrogens is 4. The smallest absolute Gasteiger partial charge is 0.368 e. The molecule has 152 valence electrons. The molecule has 0 N–H and O–H groups in total. The Balaban J connectivity index is 1.69. The van der Waals surface area contributed by atoms with Crippen molar-refractivity contribution in [3.8, 4) is 28.3 Å². The topological polar surface area (TPSA) is 71.2 Å². The van der Waals surface area contributed by atoms with Gasteiger partial charge in [0.25, 0.3) is 0 Å². The second-order valence-electron chi connectivity index (χ2n) is 6.89. The van der Waals surface area contributed by atoms with Crippen molar-refractivity contribution in [2.45, 2.75) is 13.5 Å². The maximum absolute atomic E-state index is 12.4. The van der Waals surface area contributed by atoms with Crippen LogP contribution in [0.1, 0.15) is 11.1 Å². The minimum absolute atomic E-state index is 0.210. The Kier molecular flexibility index (Phi) is 5.34. The van der Waals surface area contributed by atoms with E-state index in [1.54, 1.807) is 26.3 Å². The number of methoxy groups -OCH3 is 1. The van der Waals surface area contributed by atoms with Crippen LogP contribution in [0.25, 0.3) is 16.8 Å². The zero-order valence-corrected chi connectivity index (χ0v) is 17.1. The van der Waals surface area contributed by atoms with Crippen molar-refractivity contribution in [1.82, 2.24) is 19.8 Å². The number of ether oxygens (including phenoxy) is 2. The monoisotopic (exact) mass is 402 g/mol. The number of hydrogen-bond acceptors (Lipinski definition) is 5. The molecule has 0 saturated carbocycles. The van der Waals surface area contributed by atoms with Crippen LogP contribution in [-0.4, -0.2) is 26.9 Å². The number of nitrogens with zero attached hydrogens (tertiary/aromatic N) is 4. The molecule has 0 atom stereocenters. The van der Waals surface area contributed by atoms with Gasteiger partial charge in [-0.15, -0.1) is 0 Å². The van der Waals surface area contributed by atoms with Gasteiger partial charge in [-0.3, -0.25) is 0 Å². The summed E-state index contributed by atoms with van der Waals surface area (Å²) in [4.78, 5) is 12.4. The lowest BCUT2D eigenvalue weighted by Crippen LogP contribution is -2.23. The summed E-state index contributed by atoms with van der Waals surface area (Å²) in [6, 6.07) is 21.7. The molecule has 0 amide bonds. The van der Waals surface area contributed by atoms with Crippen LogP contribution >= 0.6 is 0 Å². The molecule has 4 aromatic rings. The van der Waals surface area contributed by atoms with Gasteiger partial charge in [-0.1, -0.05) is 48.5 Å². The van der Waals surface area contributed by atoms with E-state index in [9.17, 15) is 4.79 Å². The van der Waals surface area contributed by atoms with Gasteiger partial charge in [-0.25, -0.2) is 4.79 Å². The highest BCUT2D eigenvalue weighted by molar-refractivity contribution is 5.66. The molecule has 30 heavy (non-hydrogen) atoms. The van der Waals surface area contributed by atoms with E-state index in [1.807, 2.05) is 43.3 Å². The maximum Gasteiger partial charge on any atom is 0.368 e. The summed E-state index contributed by atoms with van der Waals surface area (Å²) < 4.78 is 14.1. The minimum Gasteiger partial charge on any atom is -0.496 e. The maximum atomic E-state index is 12.4. The molecule has 0 saturated heterocycles. The van der Waals surface area contributed by atoms with Crippen LogP contribution in [0.4, 0.5) is 0 Å². The fourth-order valence-corrected chi connectivity index (χ4v) is 3.27. The zero-order chi connectivity index (χ0) is 21.1. The minimum atomic E-state index is -0.341. The predicted molar refractivity (Wildman–Crippen MR) is 114 cm³/mol. The lowest BCUT2D eigenvalue weighted by atomic mass is 10.0. The van der Waals surface area contributed by atoms with Crippen LogP contribution in [0.5, 0.6) is 11.5 Å². The fraction of sp³-hybridized carbons (Fsp3) is 0.174. The summed E-state index contributed by atoms with van der Waals surface area (Å²) in [5.74, 6) is 1.38. The lowest BCUT2D eigenvalue weighted by molar-refractivity contribution is 0.294. The highest BCUT2D eigenvalue weighted by Crippen LogP contribution is 2.30. The van der Waals surface area contributed by atoms with E-state index in [1.165, 1.54) is 9.36 Å². The van der Waals surface area contributed by atoms with Gasteiger partial charge in [0.15, 0.2) is 0 Å². The van der Waals surface area contributed by atoms with Gasteiger partial charge in [-0.05, 0) is 52.2 Å². The standard InChI is InChI=1S/C23H22N4O3/c1-16-12-13-18(17-8-5-4-6-9-17)14-22(16)30-15-19-20(10-7-11-21(19)29-3)27-23(28)26(2)24-25-27/h4-14H,15H2,1-3H3. The first kappa shape index (κ1) is 19.4. The van der Waals surface area contributed by atoms with Gasteiger partial charge in [-0.2, -0.15) is 9.36 Å². The Labute approximate surface area is 174 Å². The largest absolute Gasteiger partial charge is 0.496 e. The average molecular weight is 402 g/mol. The van der Waals surface area contributed by atoms with Crippen LogP contribution in [0.3, 0.4) is 0 Å². The molecule has 0 aliphatic heterocycles. The molecular formula is C23H22N4O3. The summed E-state index contributed by atoms with van der Waals surface area (Å²) in [6.45, 7) is 2.21. The number of hydrogen-bond donors (Lipinski definition) is 0. The Morgan fingerprint density at radius 3 is 2.40 bits per heavy atom. The van der Waals surface area contributed by atoms with Gasteiger partial charge in [0, 0.05) is 7.05 Å². The Bertz CT molecular complexity index is 1230. The van der Waals surface area contributed by atoms with Crippen LogP contribution < -0.4 is 15.2 Å². The van der Waals surface area contributed by atoms with Crippen molar-refractivity contribution in [3.05, 3.63) is 88.3 Å². The summed E-state index contributed by atoms with van der Waals surface area (Å²) >= 11 is 0. The first-order valence-electron chi connectivity index (χ1n) is 9.52. The lowest BCUT2D eigenvalue weighted by Gasteiger charge is -2.16. The SMILES string of the molecule is COc1cccc(-n2nnn(C)c2=O)c1COc1cc(-c2ccccc2)ccc1C. The van der Waals surface area contributed by atoms with E-state index < -0.39 is 0 Å². The van der Waals surface area contributed by atoms with Crippen molar-refractivity contribution in [3.63, 3.8) is 0 Å². The molecule has 0 unspecified atom stereocenters. The van der Waals surface area contributed by atoms with E-state index >= 15 is 0 Å². The van der Waals surface area contributed by atoms with Crippen molar-refractivity contribution in [1.29, 1.82) is 0 Å². The van der Waals surface area contributed by atoms with Crippen molar-refractivity contribution in [2.24, 2.45) is 7.05 Å². The van der Waals surface area contributed by atoms with Gasteiger partial charge >= 0.3 is 5.69 Å². The second-order valence-corrected chi connectivity index (χ2v) is 6.89. The van der Waals surface area contributed by atoms with E-state index in [4.69, 9.17) is 9.47 Å². The average Bonchev–Trinajstić information content (AvgIpc) is 3.11. The van der Waals surface area contributed by atoms with Crippen molar-refractivity contribution in [2.75, 3.05) is 7.11 Å². The van der Waals surface area contributed by atoms with Crippen LogP contribution in [-0.2, 0) is 13.7 Å². The summed E-state index contributed by atoms with van der Waals surface area (Å²) in [5, 5.41) is 7.76. The molecule has 0 fully saturated rings. The number of tetrazole rings is 1. The molecule has 7 nitrogen and oxygen atoms in total. The van der Waals surface area contributed by atoms with Gasteiger partial charge in [0.05, 0.1) is 18.4 Å². The first-order chi connectivity index (χ1) is 14.6. The molecule has 3 aromatic carbocycles. The summed E-state index contributed by atoms with van der Waals surface area (Å²) in [7, 11) is 3.14. The second kappa shape index (κ2) is 8.24. The van der Waals surface area contributed by atoms with Crippen LogP contribution in [0.15, 0.2) is 71.5 Å². The molecule has 1 aromatic heterocycles. The van der Waals surface area contributed by atoms with E-state index in [0.29, 0.717) is 17.0 Å². The number of benzene rings is 3. The summed E-state index contributed by atoms with van der Waals surface area (Å²) in [5.41, 5.74) is 4.15.